The van der Waals surface area contributed by atoms with Crippen LogP contribution in [0.15, 0.2) is 0 Å². The molecule has 3 heterocycles. The van der Waals surface area contributed by atoms with E-state index in [1.807, 2.05) is 6.92 Å². The topological polar surface area (TPSA) is 52.3 Å². The van der Waals surface area contributed by atoms with Crippen molar-refractivity contribution < 1.29 is 19.3 Å². The predicted octanol–water partition coefficient (Wildman–Crippen LogP) is 1.11. The van der Waals surface area contributed by atoms with Crippen LogP contribution >= 0.6 is 0 Å². The van der Waals surface area contributed by atoms with E-state index in [4.69, 9.17) is 20.8 Å². The van der Waals surface area contributed by atoms with E-state index in [1.54, 1.807) is 0 Å². The van der Waals surface area contributed by atoms with Crippen molar-refractivity contribution in [2.45, 2.75) is 68.9 Å². The number of aliphatic hydroxyl groups is 1. The molecule has 3 rings (SSSR count). The lowest BCUT2D eigenvalue weighted by atomic mass is 9.85. The second kappa shape index (κ2) is 4.46. The minimum atomic E-state index is -0.814. The van der Waals surface area contributed by atoms with Gasteiger partial charge in [0.1, 0.15) is 11.7 Å². The third-order valence-electron chi connectivity index (χ3n) is 4.27. The van der Waals surface area contributed by atoms with Gasteiger partial charge < -0.3 is 24.2 Å². The monoisotopic (exact) mass is 253 g/mol. The highest BCUT2D eigenvalue weighted by Gasteiger charge is 2.58. The Bertz CT molecular complexity index is 368. The Hall–Kier alpha value is -0.670. The van der Waals surface area contributed by atoms with Crippen molar-refractivity contribution in [3.63, 3.8) is 0 Å². The summed E-state index contributed by atoms with van der Waals surface area (Å²) in [6, 6.07) is -0.00355. The smallest absolute Gasteiger partial charge is 0.223 e. The van der Waals surface area contributed by atoms with Crippen LogP contribution in [0.1, 0.15) is 32.6 Å². The number of fused-ring (bicyclic) bond motifs is 1. The number of aliphatic hydroxyl groups excluding tert-OH is 1. The summed E-state index contributed by atoms with van der Waals surface area (Å²) in [5.41, 5.74) is -0.380. The quantitative estimate of drug-likeness (QED) is 0.749. The highest BCUT2D eigenvalue weighted by atomic mass is 16.7. The molecule has 1 spiro atoms. The number of nitrogens with zero attached hydrogens (tertiary/aromatic N) is 1. The molecule has 3 aliphatic heterocycles. The Labute approximate surface area is 107 Å². The van der Waals surface area contributed by atoms with Gasteiger partial charge in [-0.25, -0.2) is 6.57 Å². The van der Waals surface area contributed by atoms with Gasteiger partial charge in [0.25, 0.3) is 0 Å². The zero-order valence-electron chi connectivity index (χ0n) is 10.5. The maximum atomic E-state index is 9.65. The molecule has 3 aliphatic rings. The summed E-state index contributed by atoms with van der Waals surface area (Å²) < 4.78 is 17.3. The minimum absolute atomic E-state index is 0.00355. The maximum absolute atomic E-state index is 9.65. The van der Waals surface area contributed by atoms with Crippen LogP contribution in [0.3, 0.4) is 0 Å². The lowest BCUT2D eigenvalue weighted by molar-refractivity contribution is -0.223. The first-order chi connectivity index (χ1) is 8.63. The second-order valence-electron chi connectivity index (χ2n) is 5.66. The summed E-state index contributed by atoms with van der Waals surface area (Å²) >= 11 is 0. The summed E-state index contributed by atoms with van der Waals surface area (Å²) in [5, 5.41) is 9.65. The maximum Gasteiger partial charge on any atom is 0.223 e. The fourth-order valence-corrected chi connectivity index (χ4v) is 3.33. The van der Waals surface area contributed by atoms with Crippen molar-refractivity contribution in [3.8, 4) is 0 Å². The molecule has 5 heteroatoms. The van der Waals surface area contributed by atoms with Gasteiger partial charge in [0.15, 0.2) is 6.29 Å². The molecule has 0 aromatic rings. The van der Waals surface area contributed by atoms with E-state index in [0.717, 1.165) is 19.3 Å². The SMILES string of the molecule is [C-]#[N+][C@H](C)CC1CC[C@@H]2O[C@@H]3C[C@]2(COC3O)O1. The minimum Gasteiger partial charge on any atom is -0.366 e. The summed E-state index contributed by atoms with van der Waals surface area (Å²) in [4.78, 5) is 3.53. The van der Waals surface area contributed by atoms with Crippen molar-refractivity contribution in [2.75, 3.05) is 6.61 Å². The van der Waals surface area contributed by atoms with E-state index in [9.17, 15) is 5.11 Å². The summed E-state index contributed by atoms with van der Waals surface area (Å²) in [7, 11) is 0. The Morgan fingerprint density at radius 1 is 1.50 bits per heavy atom. The first-order valence-corrected chi connectivity index (χ1v) is 6.62. The highest BCUT2D eigenvalue weighted by molar-refractivity contribution is 5.04. The summed E-state index contributed by atoms with van der Waals surface area (Å²) in [6.07, 6.45) is 2.43. The molecule has 100 valence electrons. The standard InChI is InChI=1S/C13H19NO4/c1-8(14-2)5-9-3-4-11-13(18-9)6-10(17-11)12(15)16-7-13/h8-12,15H,3-7H2,1H3/t8-,9?,10-,11+,12?,13-/m1/s1. The molecule has 1 N–H and O–H groups in total. The van der Waals surface area contributed by atoms with Crippen LogP contribution in [-0.2, 0) is 14.2 Å². The number of hydrogen-bond acceptors (Lipinski definition) is 4. The average molecular weight is 253 g/mol. The van der Waals surface area contributed by atoms with E-state index >= 15 is 0 Å². The van der Waals surface area contributed by atoms with Crippen LogP contribution in [0.4, 0.5) is 0 Å². The summed E-state index contributed by atoms with van der Waals surface area (Å²) in [5.74, 6) is 0. The molecular formula is C13H19NO4. The van der Waals surface area contributed by atoms with Crippen molar-refractivity contribution in [2.24, 2.45) is 0 Å². The Morgan fingerprint density at radius 2 is 2.33 bits per heavy atom. The van der Waals surface area contributed by atoms with Crippen molar-refractivity contribution in [3.05, 3.63) is 11.4 Å². The van der Waals surface area contributed by atoms with Gasteiger partial charge in [0.05, 0.1) is 18.8 Å². The van der Waals surface area contributed by atoms with Crippen LogP contribution in [0.5, 0.6) is 0 Å². The molecule has 5 nitrogen and oxygen atoms in total. The van der Waals surface area contributed by atoms with Crippen LogP contribution in [-0.4, -0.2) is 48.0 Å². The molecule has 6 atom stereocenters. The second-order valence-corrected chi connectivity index (χ2v) is 5.66. The van der Waals surface area contributed by atoms with Gasteiger partial charge in [-0.1, -0.05) is 0 Å². The highest BCUT2D eigenvalue weighted by Crippen LogP contribution is 2.46. The number of ether oxygens (including phenoxy) is 3. The van der Waals surface area contributed by atoms with Gasteiger partial charge in [-0.2, -0.15) is 0 Å². The Kier molecular flexibility index (Phi) is 3.07. The number of hydrogen-bond donors (Lipinski definition) is 1. The molecule has 2 bridgehead atoms. The van der Waals surface area contributed by atoms with Gasteiger partial charge in [0.2, 0.25) is 6.04 Å². The van der Waals surface area contributed by atoms with Crippen molar-refractivity contribution in [1.82, 2.24) is 0 Å². The molecule has 0 aliphatic carbocycles. The van der Waals surface area contributed by atoms with Crippen molar-refractivity contribution >= 4 is 0 Å². The van der Waals surface area contributed by atoms with Crippen LogP contribution in [0, 0.1) is 6.57 Å². The Balaban J connectivity index is 1.69. The fourth-order valence-electron chi connectivity index (χ4n) is 3.33. The van der Waals surface area contributed by atoms with Crippen LogP contribution in [0.25, 0.3) is 4.85 Å². The average Bonchev–Trinajstić information content (AvgIpc) is 2.68. The fraction of sp³-hybridized carbons (Fsp3) is 0.923. The van der Waals surface area contributed by atoms with E-state index in [1.165, 1.54) is 0 Å². The Morgan fingerprint density at radius 3 is 3.11 bits per heavy atom. The third-order valence-corrected chi connectivity index (χ3v) is 4.27. The van der Waals surface area contributed by atoms with Crippen LogP contribution < -0.4 is 0 Å². The zero-order chi connectivity index (χ0) is 12.8. The third kappa shape index (κ3) is 1.94. The van der Waals surface area contributed by atoms with E-state index in [-0.39, 0.29) is 30.0 Å². The molecule has 0 radical (unpaired) electrons. The molecule has 0 aromatic carbocycles. The van der Waals surface area contributed by atoms with Gasteiger partial charge >= 0.3 is 0 Å². The van der Waals surface area contributed by atoms with Gasteiger partial charge in [-0.15, -0.1) is 0 Å². The zero-order valence-corrected chi connectivity index (χ0v) is 10.5. The van der Waals surface area contributed by atoms with E-state index in [2.05, 4.69) is 4.85 Å². The first kappa shape index (κ1) is 12.4. The van der Waals surface area contributed by atoms with Gasteiger partial charge in [-0.05, 0) is 12.8 Å². The lowest BCUT2D eigenvalue weighted by Crippen LogP contribution is -2.54. The lowest BCUT2D eigenvalue weighted by Gasteiger charge is -2.42. The van der Waals surface area contributed by atoms with Crippen molar-refractivity contribution in [1.29, 1.82) is 0 Å². The molecule has 0 amide bonds. The van der Waals surface area contributed by atoms with Gasteiger partial charge in [0, 0.05) is 19.8 Å². The van der Waals surface area contributed by atoms with E-state index < -0.39 is 6.29 Å². The molecule has 2 unspecified atom stereocenters. The molecule has 3 fully saturated rings. The number of rotatable bonds is 2. The molecule has 0 saturated carbocycles. The summed E-state index contributed by atoms with van der Waals surface area (Å²) in [6.45, 7) is 9.35. The molecular weight excluding hydrogens is 234 g/mol. The molecule has 0 aromatic heterocycles. The normalized spacial score (nSPS) is 48.3. The first-order valence-electron chi connectivity index (χ1n) is 6.62. The van der Waals surface area contributed by atoms with Gasteiger partial charge in [-0.3, -0.25) is 0 Å². The van der Waals surface area contributed by atoms with Crippen LogP contribution in [0.2, 0.25) is 0 Å². The van der Waals surface area contributed by atoms with E-state index in [0.29, 0.717) is 13.0 Å². The molecule has 18 heavy (non-hydrogen) atoms. The molecule has 3 saturated heterocycles. The largest absolute Gasteiger partial charge is 0.366 e. The predicted molar refractivity (Wildman–Crippen MR) is 62.8 cm³/mol.